The van der Waals surface area contributed by atoms with Crippen molar-refractivity contribution >= 4 is 11.4 Å². The van der Waals surface area contributed by atoms with Gasteiger partial charge < -0.3 is 15.4 Å². The van der Waals surface area contributed by atoms with Crippen LogP contribution in [0.25, 0.3) is 0 Å². The summed E-state index contributed by atoms with van der Waals surface area (Å²) in [6, 6.07) is 5.58. The van der Waals surface area contributed by atoms with Gasteiger partial charge in [0.05, 0.1) is 12.8 Å². The highest BCUT2D eigenvalue weighted by molar-refractivity contribution is 5.62. The summed E-state index contributed by atoms with van der Waals surface area (Å²) in [5.74, 6) is 0.651. The van der Waals surface area contributed by atoms with Crippen molar-refractivity contribution in [1.29, 1.82) is 0 Å². The molecule has 4 heteroatoms. The van der Waals surface area contributed by atoms with Crippen molar-refractivity contribution in [3.05, 3.63) is 18.2 Å². The number of nitrogen functional groups attached to an aromatic ring is 1. The molecule has 2 N–H and O–H groups in total. The Morgan fingerprint density at radius 1 is 1.50 bits per heavy atom. The molecule has 1 saturated heterocycles. The van der Waals surface area contributed by atoms with E-state index in [1.807, 2.05) is 17.0 Å². The van der Waals surface area contributed by atoms with Crippen LogP contribution in [0.15, 0.2) is 18.2 Å². The van der Waals surface area contributed by atoms with E-state index in [0.29, 0.717) is 24.4 Å². The fourth-order valence-corrected chi connectivity index (χ4v) is 2.06. The van der Waals surface area contributed by atoms with Crippen LogP contribution in [0.4, 0.5) is 15.8 Å². The van der Waals surface area contributed by atoms with Crippen LogP contribution in [0, 0.1) is 0 Å². The molecule has 0 amide bonds. The van der Waals surface area contributed by atoms with Gasteiger partial charge in [0.25, 0.3) is 0 Å². The Hall–Kier alpha value is -1.45. The monoisotopic (exact) mass is 224 g/mol. The van der Waals surface area contributed by atoms with Gasteiger partial charge in [0.1, 0.15) is 11.9 Å². The zero-order valence-corrected chi connectivity index (χ0v) is 9.45. The Balaban J connectivity index is 2.19. The molecule has 0 saturated carbocycles. The molecule has 0 aliphatic carbocycles. The number of methoxy groups -OCH3 is 1. The molecule has 1 atom stereocenters. The summed E-state index contributed by atoms with van der Waals surface area (Å²) >= 11 is 0. The SMILES string of the molecule is COc1cc(N2CCC[C@H](F)C2)ccc1N. The van der Waals surface area contributed by atoms with Gasteiger partial charge in [-0.1, -0.05) is 0 Å². The maximum absolute atomic E-state index is 13.3. The molecule has 88 valence electrons. The number of benzene rings is 1. The number of hydrogen-bond acceptors (Lipinski definition) is 3. The number of halogens is 1. The molecule has 1 aliphatic rings. The number of nitrogens with two attached hydrogens (primary N) is 1. The number of rotatable bonds is 2. The minimum Gasteiger partial charge on any atom is -0.495 e. The van der Waals surface area contributed by atoms with Gasteiger partial charge in [-0.2, -0.15) is 0 Å². The van der Waals surface area contributed by atoms with Crippen molar-refractivity contribution in [3.8, 4) is 5.75 Å². The largest absolute Gasteiger partial charge is 0.495 e. The maximum Gasteiger partial charge on any atom is 0.143 e. The molecule has 0 aromatic heterocycles. The lowest BCUT2D eigenvalue weighted by atomic mass is 10.1. The van der Waals surface area contributed by atoms with Gasteiger partial charge in [-0.15, -0.1) is 0 Å². The van der Waals surface area contributed by atoms with Crippen molar-refractivity contribution in [2.75, 3.05) is 30.8 Å². The van der Waals surface area contributed by atoms with E-state index in [1.54, 1.807) is 13.2 Å². The molecule has 2 rings (SSSR count). The Morgan fingerprint density at radius 3 is 3.00 bits per heavy atom. The van der Waals surface area contributed by atoms with E-state index in [4.69, 9.17) is 10.5 Å². The lowest BCUT2D eigenvalue weighted by Crippen LogP contribution is -2.36. The van der Waals surface area contributed by atoms with Crippen LogP contribution in [0.5, 0.6) is 5.75 Å². The molecular formula is C12H17FN2O. The Bertz CT molecular complexity index is 370. The Labute approximate surface area is 95.0 Å². The Kier molecular flexibility index (Phi) is 3.17. The van der Waals surface area contributed by atoms with Crippen LogP contribution in [0.3, 0.4) is 0 Å². The highest BCUT2D eigenvalue weighted by Gasteiger charge is 2.19. The summed E-state index contributed by atoms with van der Waals surface area (Å²) in [5.41, 5.74) is 7.33. The van der Waals surface area contributed by atoms with E-state index in [2.05, 4.69) is 0 Å². The summed E-state index contributed by atoms with van der Waals surface area (Å²) in [7, 11) is 1.59. The average Bonchev–Trinajstić information content (AvgIpc) is 2.29. The van der Waals surface area contributed by atoms with E-state index in [-0.39, 0.29) is 0 Å². The van der Waals surface area contributed by atoms with Crippen molar-refractivity contribution in [3.63, 3.8) is 0 Å². The van der Waals surface area contributed by atoms with Crippen LogP contribution in [-0.4, -0.2) is 26.4 Å². The van der Waals surface area contributed by atoms with E-state index in [0.717, 1.165) is 18.7 Å². The van der Waals surface area contributed by atoms with E-state index in [9.17, 15) is 4.39 Å². The molecule has 0 bridgehead atoms. The molecule has 3 nitrogen and oxygen atoms in total. The fraction of sp³-hybridized carbons (Fsp3) is 0.500. The molecule has 0 spiro atoms. The van der Waals surface area contributed by atoms with Crippen LogP contribution in [0.1, 0.15) is 12.8 Å². The second kappa shape index (κ2) is 4.60. The Morgan fingerprint density at radius 2 is 2.31 bits per heavy atom. The molecule has 1 aromatic rings. The normalized spacial score (nSPS) is 20.9. The predicted octanol–water partition coefficient (Wildman–Crippen LogP) is 2.22. The zero-order valence-electron chi connectivity index (χ0n) is 9.45. The van der Waals surface area contributed by atoms with Gasteiger partial charge in [0.2, 0.25) is 0 Å². The third kappa shape index (κ3) is 2.21. The topological polar surface area (TPSA) is 38.5 Å². The number of anilines is 2. The van der Waals surface area contributed by atoms with Crippen molar-refractivity contribution in [2.45, 2.75) is 19.0 Å². The first-order valence-corrected chi connectivity index (χ1v) is 5.53. The summed E-state index contributed by atoms with van der Waals surface area (Å²) in [6.45, 7) is 1.36. The van der Waals surface area contributed by atoms with Crippen LogP contribution < -0.4 is 15.4 Å². The highest BCUT2D eigenvalue weighted by Crippen LogP contribution is 2.29. The maximum atomic E-state index is 13.3. The minimum absolute atomic E-state index is 0.465. The smallest absolute Gasteiger partial charge is 0.143 e. The van der Waals surface area contributed by atoms with Crippen molar-refractivity contribution < 1.29 is 9.13 Å². The van der Waals surface area contributed by atoms with Gasteiger partial charge in [0, 0.05) is 24.8 Å². The molecule has 1 heterocycles. The third-order valence-corrected chi connectivity index (χ3v) is 2.95. The standard InChI is InChI=1S/C12H17FN2O/c1-16-12-7-10(4-5-11(12)14)15-6-2-3-9(13)8-15/h4-5,7,9H,2-3,6,8,14H2,1H3/t9-/m0/s1. The summed E-state index contributed by atoms with van der Waals surface area (Å²) in [4.78, 5) is 2.04. The van der Waals surface area contributed by atoms with Crippen molar-refractivity contribution in [1.82, 2.24) is 0 Å². The number of ether oxygens (including phenoxy) is 1. The minimum atomic E-state index is -0.725. The molecule has 1 aliphatic heterocycles. The first-order valence-electron chi connectivity index (χ1n) is 5.53. The number of nitrogens with zero attached hydrogens (tertiary/aromatic N) is 1. The molecule has 1 aromatic carbocycles. The molecular weight excluding hydrogens is 207 g/mol. The van der Waals surface area contributed by atoms with E-state index in [1.165, 1.54) is 0 Å². The van der Waals surface area contributed by atoms with Gasteiger partial charge in [-0.25, -0.2) is 4.39 Å². The molecule has 0 unspecified atom stereocenters. The van der Waals surface area contributed by atoms with Gasteiger partial charge in [-0.05, 0) is 25.0 Å². The molecule has 1 fully saturated rings. The lowest BCUT2D eigenvalue weighted by molar-refractivity contribution is 0.286. The second-order valence-corrected chi connectivity index (χ2v) is 4.11. The summed E-state index contributed by atoms with van der Waals surface area (Å²) < 4.78 is 18.4. The van der Waals surface area contributed by atoms with Gasteiger partial charge >= 0.3 is 0 Å². The number of alkyl halides is 1. The quantitative estimate of drug-likeness (QED) is 0.783. The molecule has 0 radical (unpaired) electrons. The van der Waals surface area contributed by atoms with Crippen LogP contribution >= 0.6 is 0 Å². The summed E-state index contributed by atoms with van der Waals surface area (Å²) in [5, 5.41) is 0. The second-order valence-electron chi connectivity index (χ2n) is 4.11. The van der Waals surface area contributed by atoms with Crippen LogP contribution in [-0.2, 0) is 0 Å². The lowest BCUT2D eigenvalue weighted by Gasteiger charge is -2.31. The first-order chi connectivity index (χ1) is 7.70. The number of hydrogen-bond donors (Lipinski definition) is 1. The van der Waals surface area contributed by atoms with E-state index >= 15 is 0 Å². The predicted molar refractivity (Wildman–Crippen MR) is 63.7 cm³/mol. The highest BCUT2D eigenvalue weighted by atomic mass is 19.1. The van der Waals surface area contributed by atoms with Gasteiger partial charge in [0.15, 0.2) is 0 Å². The van der Waals surface area contributed by atoms with Gasteiger partial charge in [-0.3, -0.25) is 0 Å². The van der Waals surface area contributed by atoms with E-state index < -0.39 is 6.17 Å². The van der Waals surface area contributed by atoms with Crippen LogP contribution in [0.2, 0.25) is 0 Å². The summed E-state index contributed by atoms with van der Waals surface area (Å²) in [6.07, 6.45) is 0.841. The zero-order chi connectivity index (χ0) is 11.5. The van der Waals surface area contributed by atoms with Crippen molar-refractivity contribution in [2.24, 2.45) is 0 Å². The number of piperidine rings is 1. The first kappa shape index (κ1) is 11.0. The molecule has 16 heavy (non-hydrogen) atoms. The average molecular weight is 224 g/mol. The fourth-order valence-electron chi connectivity index (χ4n) is 2.06. The third-order valence-electron chi connectivity index (χ3n) is 2.95.